The van der Waals surface area contributed by atoms with Crippen molar-refractivity contribution in [2.75, 3.05) is 20.8 Å². The number of rotatable bonds is 6. The second kappa shape index (κ2) is 6.87. The van der Waals surface area contributed by atoms with Gasteiger partial charge in [-0.1, -0.05) is 13.8 Å². The van der Waals surface area contributed by atoms with Crippen molar-refractivity contribution in [3.63, 3.8) is 0 Å². The number of hydrogen-bond acceptors (Lipinski definition) is 3. The van der Waals surface area contributed by atoms with Crippen LogP contribution in [0.3, 0.4) is 0 Å². The van der Waals surface area contributed by atoms with Gasteiger partial charge in [0.2, 0.25) is 0 Å². The van der Waals surface area contributed by atoms with E-state index in [9.17, 15) is 0 Å². The zero-order valence-electron chi connectivity index (χ0n) is 10.8. The summed E-state index contributed by atoms with van der Waals surface area (Å²) in [5.41, 5.74) is 1.15. The van der Waals surface area contributed by atoms with Crippen LogP contribution in [0.4, 0.5) is 0 Å². The van der Waals surface area contributed by atoms with Crippen LogP contribution < -0.4 is 14.8 Å². The Balaban J connectivity index is 2.81. The molecule has 1 N–H and O–H groups in total. The maximum Gasteiger partial charge on any atom is 0.133 e. The summed E-state index contributed by atoms with van der Waals surface area (Å²) in [6, 6.07) is 4.47. The number of nitrogens with one attached hydrogen (secondary N) is 1. The summed E-state index contributed by atoms with van der Waals surface area (Å²) in [7, 11) is 3.36. The summed E-state index contributed by atoms with van der Waals surface area (Å²) in [5, 5.41) is 3.39. The molecule has 0 atom stereocenters. The van der Waals surface area contributed by atoms with Crippen LogP contribution in [0.15, 0.2) is 16.6 Å². The number of ether oxygens (including phenoxy) is 2. The van der Waals surface area contributed by atoms with E-state index in [2.05, 4.69) is 35.1 Å². The van der Waals surface area contributed by atoms with Crippen LogP contribution >= 0.6 is 15.9 Å². The Labute approximate surface area is 112 Å². The van der Waals surface area contributed by atoms with Crippen molar-refractivity contribution >= 4 is 15.9 Å². The minimum absolute atomic E-state index is 0.498. The highest BCUT2D eigenvalue weighted by Gasteiger charge is 2.09. The molecule has 17 heavy (non-hydrogen) atoms. The van der Waals surface area contributed by atoms with E-state index in [0.29, 0.717) is 6.04 Å². The Hall–Kier alpha value is -0.740. The molecule has 0 radical (unpaired) electrons. The minimum Gasteiger partial charge on any atom is -0.496 e. The molecular formula is C13H20BrNO2. The fraction of sp³-hybridized carbons (Fsp3) is 0.538. The third-order valence-corrected chi connectivity index (χ3v) is 3.12. The molecule has 1 aromatic carbocycles. The molecule has 4 heteroatoms. The molecule has 3 nitrogen and oxygen atoms in total. The molecule has 0 fully saturated rings. The Morgan fingerprint density at radius 2 is 1.82 bits per heavy atom. The first-order valence-corrected chi connectivity index (χ1v) is 6.51. The maximum atomic E-state index is 5.37. The highest BCUT2D eigenvalue weighted by Crippen LogP contribution is 2.32. The first-order valence-electron chi connectivity index (χ1n) is 5.72. The molecule has 96 valence electrons. The Morgan fingerprint density at radius 1 is 1.18 bits per heavy atom. The van der Waals surface area contributed by atoms with Gasteiger partial charge < -0.3 is 14.8 Å². The Kier molecular flexibility index (Phi) is 5.78. The van der Waals surface area contributed by atoms with Crippen LogP contribution in [-0.2, 0) is 6.42 Å². The Morgan fingerprint density at radius 3 is 2.35 bits per heavy atom. The summed E-state index contributed by atoms with van der Waals surface area (Å²) >= 11 is 3.45. The summed E-state index contributed by atoms with van der Waals surface area (Å²) in [5.74, 6) is 1.73. The van der Waals surface area contributed by atoms with Crippen molar-refractivity contribution in [2.24, 2.45) is 0 Å². The van der Waals surface area contributed by atoms with Gasteiger partial charge >= 0.3 is 0 Å². The molecule has 1 aromatic rings. The molecule has 0 aliphatic rings. The van der Waals surface area contributed by atoms with Crippen molar-refractivity contribution in [2.45, 2.75) is 26.3 Å². The van der Waals surface area contributed by atoms with Crippen LogP contribution in [0.25, 0.3) is 0 Å². The minimum atomic E-state index is 0.498. The van der Waals surface area contributed by atoms with Crippen LogP contribution in [0.5, 0.6) is 11.5 Å². The summed E-state index contributed by atoms with van der Waals surface area (Å²) in [6.07, 6.45) is 0.922. The first kappa shape index (κ1) is 14.3. The number of methoxy groups -OCH3 is 2. The lowest BCUT2D eigenvalue weighted by atomic mass is 10.1. The molecule has 0 heterocycles. The van der Waals surface area contributed by atoms with Gasteiger partial charge in [0.15, 0.2) is 0 Å². The van der Waals surface area contributed by atoms with E-state index < -0.39 is 0 Å². The smallest absolute Gasteiger partial charge is 0.133 e. The van der Waals surface area contributed by atoms with E-state index in [0.717, 1.165) is 34.5 Å². The van der Waals surface area contributed by atoms with Crippen LogP contribution in [0.2, 0.25) is 0 Å². The molecule has 1 rings (SSSR count). The van der Waals surface area contributed by atoms with Gasteiger partial charge in [0.05, 0.1) is 18.7 Å². The van der Waals surface area contributed by atoms with Crippen molar-refractivity contribution in [1.29, 1.82) is 0 Å². The quantitative estimate of drug-likeness (QED) is 0.876. The zero-order chi connectivity index (χ0) is 12.8. The SMILES string of the molecule is COc1cc(CCNC(C)C)c(OC)cc1Br. The molecule has 0 aliphatic heterocycles. The average molecular weight is 302 g/mol. The van der Waals surface area contributed by atoms with E-state index in [1.54, 1.807) is 14.2 Å². The van der Waals surface area contributed by atoms with E-state index in [4.69, 9.17) is 9.47 Å². The lowest BCUT2D eigenvalue weighted by Crippen LogP contribution is -2.25. The van der Waals surface area contributed by atoms with Crippen molar-refractivity contribution in [3.8, 4) is 11.5 Å². The summed E-state index contributed by atoms with van der Waals surface area (Å²) in [6.45, 7) is 5.21. The van der Waals surface area contributed by atoms with Crippen molar-refractivity contribution in [1.82, 2.24) is 5.32 Å². The van der Waals surface area contributed by atoms with E-state index in [1.165, 1.54) is 0 Å². The van der Waals surface area contributed by atoms with Crippen molar-refractivity contribution < 1.29 is 9.47 Å². The lowest BCUT2D eigenvalue weighted by Gasteiger charge is -2.13. The largest absolute Gasteiger partial charge is 0.496 e. The summed E-state index contributed by atoms with van der Waals surface area (Å²) in [4.78, 5) is 0. The van der Waals surface area contributed by atoms with E-state index in [1.807, 2.05) is 12.1 Å². The topological polar surface area (TPSA) is 30.5 Å². The van der Waals surface area contributed by atoms with Gasteiger partial charge in [-0.15, -0.1) is 0 Å². The lowest BCUT2D eigenvalue weighted by molar-refractivity contribution is 0.396. The normalized spacial score (nSPS) is 10.7. The predicted molar refractivity (Wildman–Crippen MR) is 74.1 cm³/mol. The first-order chi connectivity index (χ1) is 8.08. The van der Waals surface area contributed by atoms with Crippen molar-refractivity contribution in [3.05, 3.63) is 22.2 Å². The molecule has 0 unspecified atom stereocenters. The zero-order valence-corrected chi connectivity index (χ0v) is 12.4. The molecule has 0 saturated heterocycles. The molecule has 0 spiro atoms. The standard InChI is InChI=1S/C13H20BrNO2/c1-9(2)15-6-5-10-7-13(17-4)11(14)8-12(10)16-3/h7-9,15H,5-6H2,1-4H3. The maximum absolute atomic E-state index is 5.37. The van der Waals surface area contributed by atoms with Crippen LogP contribution in [-0.4, -0.2) is 26.8 Å². The highest BCUT2D eigenvalue weighted by molar-refractivity contribution is 9.10. The summed E-state index contributed by atoms with van der Waals surface area (Å²) < 4.78 is 11.6. The second-order valence-corrected chi connectivity index (χ2v) is 5.01. The van der Waals surface area contributed by atoms with E-state index in [-0.39, 0.29) is 0 Å². The monoisotopic (exact) mass is 301 g/mol. The van der Waals surface area contributed by atoms with Gasteiger partial charge in [0.25, 0.3) is 0 Å². The number of halogens is 1. The van der Waals surface area contributed by atoms with E-state index >= 15 is 0 Å². The fourth-order valence-corrected chi connectivity index (χ4v) is 2.10. The molecule has 0 saturated carbocycles. The Bertz CT molecular complexity index is 367. The van der Waals surface area contributed by atoms with Gasteiger partial charge in [-0.3, -0.25) is 0 Å². The molecule has 0 aliphatic carbocycles. The molecule has 0 amide bonds. The molecule has 0 bridgehead atoms. The van der Waals surface area contributed by atoms with Gasteiger partial charge in [-0.2, -0.15) is 0 Å². The van der Waals surface area contributed by atoms with Gasteiger partial charge in [0.1, 0.15) is 11.5 Å². The van der Waals surface area contributed by atoms with Gasteiger partial charge in [-0.25, -0.2) is 0 Å². The highest BCUT2D eigenvalue weighted by atomic mass is 79.9. The average Bonchev–Trinajstić information content (AvgIpc) is 2.30. The van der Waals surface area contributed by atoms with Gasteiger partial charge in [-0.05, 0) is 46.6 Å². The number of benzene rings is 1. The third kappa shape index (κ3) is 4.21. The molecule has 0 aromatic heterocycles. The van der Waals surface area contributed by atoms with Gasteiger partial charge in [0, 0.05) is 6.04 Å². The third-order valence-electron chi connectivity index (χ3n) is 2.50. The fourth-order valence-electron chi connectivity index (χ4n) is 1.61. The molecular weight excluding hydrogens is 282 g/mol. The predicted octanol–water partition coefficient (Wildman–Crippen LogP) is 3.01. The van der Waals surface area contributed by atoms with Crippen LogP contribution in [0, 0.1) is 0 Å². The van der Waals surface area contributed by atoms with Crippen LogP contribution in [0.1, 0.15) is 19.4 Å². The second-order valence-electron chi connectivity index (χ2n) is 4.16. The number of hydrogen-bond donors (Lipinski definition) is 1.